The van der Waals surface area contributed by atoms with E-state index >= 15 is 0 Å². The number of nitrogens with one attached hydrogen (secondary N) is 2. The van der Waals surface area contributed by atoms with Crippen LogP contribution in [0.25, 0.3) is 0 Å². The molecule has 0 bridgehead atoms. The molecule has 0 heterocycles. The molecule has 1 rings (SSSR count). The van der Waals surface area contributed by atoms with Crippen LogP contribution in [0, 0.1) is 0 Å². The highest BCUT2D eigenvalue weighted by atomic mass is 35.5. The summed E-state index contributed by atoms with van der Waals surface area (Å²) in [6.07, 6.45) is -0.766. The predicted molar refractivity (Wildman–Crippen MR) is 73.0 cm³/mol. The van der Waals surface area contributed by atoms with Crippen LogP contribution in [-0.2, 0) is 9.53 Å². The molecule has 0 saturated heterocycles. The van der Waals surface area contributed by atoms with Gasteiger partial charge in [-0.1, -0.05) is 23.7 Å². The van der Waals surface area contributed by atoms with E-state index in [4.69, 9.17) is 11.6 Å². The molecule has 2 N–H and O–H groups in total. The lowest BCUT2D eigenvalue weighted by Crippen LogP contribution is -2.45. The third-order valence-corrected chi connectivity index (χ3v) is 2.93. The minimum Gasteiger partial charge on any atom is -0.453 e. The number of hydrogen-bond acceptors (Lipinski definition) is 4. The molecular formula is C13H17ClN2O3. The molecule has 0 saturated carbocycles. The van der Waals surface area contributed by atoms with Gasteiger partial charge in [0, 0.05) is 11.1 Å². The Balaban J connectivity index is 2.56. The van der Waals surface area contributed by atoms with E-state index in [9.17, 15) is 9.59 Å². The Morgan fingerprint density at radius 2 is 1.79 bits per heavy atom. The number of rotatable bonds is 4. The Bertz CT molecular complexity index is 448. The van der Waals surface area contributed by atoms with Gasteiger partial charge >= 0.3 is 6.09 Å². The number of hydrogen-bond donors (Lipinski definition) is 2. The highest BCUT2D eigenvalue weighted by Crippen LogP contribution is 2.16. The molecule has 0 spiro atoms. The lowest BCUT2D eigenvalue weighted by atomic mass is 10.1. The molecule has 5 nitrogen and oxygen atoms in total. The number of methoxy groups -OCH3 is 1. The number of ether oxygens (including phenoxy) is 1. The van der Waals surface area contributed by atoms with Crippen molar-refractivity contribution in [1.82, 2.24) is 10.6 Å². The minimum atomic E-state index is -0.766. The second-order valence-electron chi connectivity index (χ2n) is 4.14. The van der Waals surface area contributed by atoms with Gasteiger partial charge in [0.05, 0.1) is 13.2 Å². The van der Waals surface area contributed by atoms with Gasteiger partial charge in [-0.25, -0.2) is 4.79 Å². The fraction of sp³-hybridized carbons (Fsp3) is 0.385. The first-order valence-corrected chi connectivity index (χ1v) is 6.22. The summed E-state index contributed by atoms with van der Waals surface area (Å²) in [5.41, 5.74) is 1.00. The SMILES string of the molecule is COC(=O)NC(=O)[C@H](C)N[C@H](C)c1ccc(Cl)cc1. The zero-order valence-electron chi connectivity index (χ0n) is 11.1. The molecule has 19 heavy (non-hydrogen) atoms. The molecule has 0 unspecified atom stereocenters. The van der Waals surface area contributed by atoms with E-state index in [1.54, 1.807) is 19.1 Å². The molecule has 6 heteroatoms. The van der Waals surface area contributed by atoms with Crippen LogP contribution in [0.5, 0.6) is 0 Å². The Hall–Kier alpha value is -1.59. The van der Waals surface area contributed by atoms with Crippen LogP contribution in [0.3, 0.4) is 0 Å². The highest BCUT2D eigenvalue weighted by Gasteiger charge is 2.18. The van der Waals surface area contributed by atoms with Crippen LogP contribution in [0.2, 0.25) is 5.02 Å². The van der Waals surface area contributed by atoms with Gasteiger partial charge in [-0.05, 0) is 31.5 Å². The lowest BCUT2D eigenvalue weighted by molar-refractivity contribution is -0.122. The number of carbonyl (C=O) groups is 2. The van der Waals surface area contributed by atoms with Crippen molar-refractivity contribution in [3.05, 3.63) is 34.9 Å². The molecule has 0 radical (unpaired) electrons. The van der Waals surface area contributed by atoms with Gasteiger partial charge in [-0.2, -0.15) is 0 Å². The molecule has 0 aliphatic heterocycles. The fourth-order valence-electron chi connectivity index (χ4n) is 1.56. The van der Waals surface area contributed by atoms with E-state index in [2.05, 4.69) is 15.4 Å². The average molecular weight is 285 g/mol. The standard InChI is InChI=1S/C13H17ClN2O3/c1-8(10-4-6-11(14)7-5-10)15-9(2)12(17)16-13(18)19-3/h4-9,15H,1-3H3,(H,16,17,18)/t8-,9+/m1/s1. The monoisotopic (exact) mass is 284 g/mol. The molecule has 1 aromatic rings. The van der Waals surface area contributed by atoms with E-state index in [0.29, 0.717) is 5.02 Å². The molecule has 0 aliphatic rings. The first kappa shape index (κ1) is 15.5. The van der Waals surface area contributed by atoms with Crippen LogP contribution >= 0.6 is 11.6 Å². The molecule has 1 aromatic carbocycles. The maximum Gasteiger partial charge on any atom is 0.413 e. The van der Waals surface area contributed by atoms with Crippen LogP contribution in [0.1, 0.15) is 25.5 Å². The summed E-state index contributed by atoms with van der Waals surface area (Å²) in [6, 6.07) is 6.76. The van der Waals surface area contributed by atoms with E-state index < -0.39 is 18.0 Å². The fourth-order valence-corrected chi connectivity index (χ4v) is 1.68. The van der Waals surface area contributed by atoms with Crippen LogP contribution in [0.4, 0.5) is 4.79 Å². The number of carbonyl (C=O) groups excluding carboxylic acids is 2. The number of imide groups is 1. The summed E-state index contributed by atoms with van der Waals surface area (Å²) in [6.45, 7) is 3.59. The van der Waals surface area contributed by atoms with Crippen molar-refractivity contribution in [2.45, 2.75) is 25.9 Å². The first-order chi connectivity index (χ1) is 8.93. The smallest absolute Gasteiger partial charge is 0.413 e. The Kier molecular flexibility index (Phi) is 5.79. The molecule has 0 aromatic heterocycles. The summed E-state index contributed by atoms with van der Waals surface area (Å²) >= 11 is 5.81. The van der Waals surface area contributed by atoms with Gasteiger partial charge in [0.15, 0.2) is 0 Å². The van der Waals surface area contributed by atoms with Gasteiger partial charge < -0.3 is 4.74 Å². The quantitative estimate of drug-likeness (QED) is 0.890. The van der Waals surface area contributed by atoms with Crippen molar-refractivity contribution in [2.75, 3.05) is 7.11 Å². The van der Waals surface area contributed by atoms with Crippen molar-refractivity contribution in [1.29, 1.82) is 0 Å². The summed E-state index contributed by atoms with van der Waals surface area (Å²) in [5, 5.41) is 5.85. The maximum atomic E-state index is 11.6. The van der Waals surface area contributed by atoms with Gasteiger partial charge in [0.1, 0.15) is 0 Å². The first-order valence-electron chi connectivity index (χ1n) is 5.84. The molecule has 2 amide bonds. The Morgan fingerprint density at radius 1 is 1.21 bits per heavy atom. The average Bonchev–Trinajstić information content (AvgIpc) is 2.38. The van der Waals surface area contributed by atoms with Gasteiger partial charge in [-0.3, -0.25) is 15.4 Å². The van der Waals surface area contributed by atoms with E-state index in [1.807, 2.05) is 19.1 Å². The molecular weight excluding hydrogens is 268 g/mol. The molecule has 0 aliphatic carbocycles. The topological polar surface area (TPSA) is 67.4 Å². The summed E-state index contributed by atoms with van der Waals surface area (Å²) in [4.78, 5) is 22.6. The summed E-state index contributed by atoms with van der Waals surface area (Å²) in [7, 11) is 1.21. The van der Waals surface area contributed by atoms with E-state index in [-0.39, 0.29) is 6.04 Å². The van der Waals surface area contributed by atoms with E-state index in [0.717, 1.165) is 5.56 Å². The van der Waals surface area contributed by atoms with Crippen LogP contribution < -0.4 is 10.6 Å². The highest BCUT2D eigenvalue weighted by molar-refractivity contribution is 6.30. The summed E-state index contributed by atoms with van der Waals surface area (Å²) < 4.78 is 4.36. The molecule has 0 fully saturated rings. The molecule has 104 valence electrons. The third kappa shape index (κ3) is 4.89. The second-order valence-corrected chi connectivity index (χ2v) is 4.58. The van der Waals surface area contributed by atoms with Crippen LogP contribution in [-0.4, -0.2) is 25.2 Å². The number of alkyl carbamates (subject to hydrolysis) is 1. The number of amides is 2. The minimum absolute atomic E-state index is 0.0457. The van der Waals surface area contributed by atoms with E-state index in [1.165, 1.54) is 7.11 Å². The largest absolute Gasteiger partial charge is 0.453 e. The normalized spacial score (nSPS) is 13.5. The van der Waals surface area contributed by atoms with Crippen LogP contribution in [0.15, 0.2) is 24.3 Å². The Morgan fingerprint density at radius 3 is 2.32 bits per heavy atom. The molecule has 2 atom stereocenters. The predicted octanol–water partition coefficient (Wildman–Crippen LogP) is 2.26. The van der Waals surface area contributed by atoms with Crippen molar-refractivity contribution >= 4 is 23.6 Å². The Labute approximate surface area is 117 Å². The zero-order chi connectivity index (χ0) is 14.4. The van der Waals surface area contributed by atoms with Crippen molar-refractivity contribution in [3.63, 3.8) is 0 Å². The van der Waals surface area contributed by atoms with Gasteiger partial charge in [0.25, 0.3) is 0 Å². The lowest BCUT2D eigenvalue weighted by Gasteiger charge is -2.19. The van der Waals surface area contributed by atoms with Crippen molar-refractivity contribution < 1.29 is 14.3 Å². The van der Waals surface area contributed by atoms with Gasteiger partial charge in [0.2, 0.25) is 5.91 Å². The van der Waals surface area contributed by atoms with Crippen molar-refractivity contribution in [2.24, 2.45) is 0 Å². The third-order valence-electron chi connectivity index (χ3n) is 2.67. The zero-order valence-corrected chi connectivity index (χ0v) is 11.8. The van der Waals surface area contributed by atoms with Gasteiger partial charge in [-0.15, -0.1) is 0 Å². The number of halogens is 1. The number of benzene rings is 1. The van der Waals surface area contributed by atoms with Crippen molar-refractivity contribution in [3.8, 4) is 0 Å². The summed E-state index contributed by atoms with van der Waals surface area (Å²) in [5.74, 6) is -0.437. The maximum absolute atomic E-state index is 11.6. The second kappa shape index (κ2) is 7.11.